The lowest BCUT2D eigenvalue weighted by Crippen LogP contribution is -2.31. The summed E-state index contributed by atoms with van der Waals surface area (Å²) in [7, 11) is 0. The number of aliphatic hydroxyl groups excluding tert-OH is 1. The van der Waals surface area contributed by atoms with Crippen molar-refractivity contribution in [2.45, 2.75) is 33.0 Å². The lowest BCUT2D eigenvalue weighted by molar-refractivity contribution is 0.0943. The molecular formula is C20H20Cl3N5O2. The van der Waals surface area contributed by atoms with E-state index in [1.54, 1.807) is 37.4 Å². The van der Waals surface area contributed by atoms with Crippen LogP contribution in [-0.4, -0.2) is 31.8 Å². The van der Waals surface area contributed by atoms with Gasteiger partial charge in [-0.3, -0.25) is 4.79 Å². The standard InChI is InChI=1S/C20H20Cl3N5O2/c1-10(2)25-19(29)13-8-12(21)7-11(3)17(13)26-20(30)15-9-16(23)27-28(15)18-14(22)5-4-6-24-18/h4-10,20,26,30H,1-3H3,(H,25,29). The lowest BCUT2D eigenvalue weighted by atomic mass is 10.1. The largest absolute Gasteiger partial charge is 0.368 e. The van der Waals surface area contributed by atoms with Gasteiger partial charge in [0.2, 0.25) is 0 Å². The number of amides is 1. The van der Waals surface area contributed by atoms with Gasteiger partial charge in [-0.2, -0.15) is 5.10 Å². The summed E-state index contributed by atoms with van der Waals surface area (Å²) in [6.45, 7) is 5.50. The summed E-state index contributed by atoms with van der Waals surface area (Å²) in [5.41, 5.74) is 1.72. The molecular weight excluding hydrogens is 449 g/mol. The Morgan fingerprint density at radius 2 is 1.93 bits per heavy atom. The number of anilines is 1. The maximum Gasteiger partial charge on any atom is 0.253 e. The van der Waals surface area contributed by atoms with Gasteiger partial charge in [0, 0.05) is 23.3 Å². The summed E-state index contributed by atoms with van der Waals surface area (Å²) in [6, 6.07) is 8.00. The van der Waals surface area contributed by atoms with Crippen molar-refractivity contribution in [3.63, 3.8) is 0 Å². The average Bonchev–Trinajstić information content (AvgIpc) is 3.05. The van der Waals surface area contributed by atoms with Gasteiger partial charge in [0.05, 0.1) is 22.0 Å². The molecule has 0 aliphatic carbocycles. The summed E-state index contributed by atoms with van der Waals surface area (Å²) in [6.07, 6.45) is 0.284. The summed E-state index contributed by atoms with van der Waals surface area (Å²) in [5.74, 6) is -0.00266. The van der Waals surface area contributed by atoms with Crippen molar-refractivity contribution in [2.24, 2.45) is 0 Å². The summed E-state index contributed by atoms with van der Waals surface area (Å²) < 4.78 is 1.35. The number of benzene rings is 1. The van der Waals surface area contributed by atoms with Crippen molar-refractivity contribution in [1.29, 1.82) is 0 Å². The number of nitrogens with one attached hydrogen (secondary N) is 2. The Labute approximate surface area is 189 Å². The molecule has 0 radical (unpaired) electrons. The number of aryl methyl sites for hydroxylation is 1. The molecule has 0 spiro atoms. The number of aromatic nitrogens is 3. The Bertz CT molecular complexity index is 1080. The monoisotopic (exact) mass is 467 g/mol. The Hall–Kier alpha value is -2.32. The molecule has 2 heterocycles. The van der Waals surface area contributed by atoms with Gasteiger partial charge in [0.15, 0.2) is 17.2 Å². The Kier molecular flexibility index (Phi) is 6.88. The smallest absolute Gasteiger partial charge is 0.253 e. The van der Waals surface area contributed by atoms with Gasteiger partial charge in [-0.25, -0.2) is 9.67 Å². The van der Waals surface area contributed by atoms with E-state index in [-0.39, 0.29) is 17.1 Å². The van der Waals surface area contributed by atoms with E-state index in [2.05, 4.69) is 20.7 Å². The zero-order valence-electron chi connectivity index (χ0n) is 16.4. The molecule has 0 saturated carbocycles. The normalized spacial score (nSPS) is 12.1. The van der Waals surface area contributed by atoms with Crippen LogP contribution in [0, 0.1) is 6.92 Å². The summed E-state index contributed by atoms with van der Waals surface area (Å²) in [4.78, 5) is 16.9. The van der Waals surface area contributed by atoms with Crippen molar-refractivity contribution in [2.75, 3.05) is 5.32 Å². The second kappa shape index (κ2) is 9.22. The van der Waals surface area contributed by atoms with Crippen LogP contribution >= 0.6 is 34.8 Å². The third-order valence-electron chi connectivity index (χ3n) is 4.17. The van der Waals surface area contributed by atoms with E-state index in [1.807, 2.05) is 13.8 Å². The van der Waals surface area contributed by atoms with Crippen molar-refractivity contribution in [3.05, 3.63) is 68.5 Å². The van der Waals surface area contributed by atoms with Gasteiger partial charge in [-0.05, 0) is 50.6 Å². The van der Waals surface area contributed by atoms with Gasteiger partial charge in [-0.1, -0.05) is 34.8 Å². The van der Waals surface area contributed by atoms with Crippen LogP contribution in [0.15, 0.2) is 36.5 Å². The molecule has 2 aromatic heterocycles. The van der Waals surface area contributed by atoms with Gasteiger partial charge in [0.1, 0.15) is 0 Å². The highest BCUT2D eigenvalue weighted by Crippen LogP contribution is 2.30. The summed E-state index contributed by atoms with van der Waals surface area (Å²) >= 11 is 18.5. The maximum absolute atomic E-state index is 12.7. The van der Waals surface area contributed by atoms with Gasteiger partial charge in [0.25, 0.3) is 5.91 Å². The first-order valence-corrected chi connectivity index (χ1v) is 10.2. The van der Waals surface area contributed by atoms with Crippen LogP contribution in [0.4, 0.5) is 5.69 Å². The molecule has 0 aliphatic rings. The highest BCUT2D eigenvalue weighted by atomic mass is 35.5. The molecule has 3 N–H and O–H groups in total. The van der Waals surface area contributed by atoms with E-state index < -0.39 is 6.23 Å². The van der Waals surface area contributed by atoms with E-state index in [4.69, 9.17) is 34.8 Å². The van der Waals surface area contributed by atoms with Crippen molar-refractivity contribution in [3.8, 4) is 5.82 Å². The molecule has 0 bridgehead atoms. The van der Waals surface area contributed by atoms with Gasteiger partial charge >= 0.3 is 0 Å². The fourth-order valence-electron chi connectivity index (χ4n) is 2.93. The third kappa shape index (κ3) is 4.87. The fourth-order valence-corrected chi connectivity index (χ4v) is 3.59. The van der Waals surface area contributed by atoms with E-state index in [0.717, 1.165) is 0 Å². The number of halogens is 3. The zero-order chi connectivity index (χ0) is 22.0. The number of hydrogen-bond donors (Lipinski definition) is 3. The number of carbonyl (C=O) groups is 1. The number of pyridine rings is 1. The molecule has 0 aliphatic heterocycles. The first kappa shape index (κ1) is 22.4. The number of nitrogens with zero attached hydrogens (tertiary/aromatic N) is 3. The quantitative estimate of drug-likeness (QED) is 0.453. The second-order valence-electron chi connectivity index (χ2n) is 6.93. The minimum Gasteiger partial charge on any atom is -0.368 e. The molecule has 1 unspecified atom stereocenters. The minimum atomic E-state index is -1.27. The Morgan fingerprint density at radius 1 is 1.20 bits per heavy atom. The van der Waals surface area contributed by atoms with Crippen LogP contribution in [0.2, 0.25) is 15.2 Å². The molecule has 1 amide bonds. The number of rotatable bonds is 6. The molecule has 1 atom stereocenters. The molecule has 3 aromatic rings. The number of aliphatic hydroxyl groups is 1. The molecule has 10 heteroatoms. The van der Waals surface area contributed by atoms with Crippen LogP contribution in [0.25, 0.3) is 5.82 Å². The first-order valence-electron chi connectivity index (χ1n) is 9.09. The van der Waals surface area contributed by atoms with E-state index in [9.17, 15) is 9.90 Å². The fraction of sp³-hybridized carbons (Fsp3) is 0.250. The van der Waals surface area contributed by atoms with Crippen LogP contribution in [0.5, 0.6) is 0 Å². The van der Waals surface area contributed by atoms with Gasteiger partial charge < -0.3 is 15.7 Å². The topological polar surface area (TPSA) is 92.1 Å². The second-order valence-corrected chi connectivity index (χ2v) is 8.16. The highest BCUT2D eigenvalue weighted by molar-refractivity contribution is 6.32. The van der Waals surface area contributed by atoms with Crippen LogP contribution in [0.3, 0.4) is 0 Å². The molecule has 1 aromatic carbocycles. The SMILES string of the molecule is Cc1cc(Cl)cc(C(=O)NC(C)C)c1NC(O)c1cc(Cl)nn1-c1ncccc1Cl. The maximum atomic E-state index is 12.7. The lowest BCUT2D eigenvalue weighted by Gasteiger charge is -2.21. The van der Waals surface area contributed by atoms with Gasteiger partial charge in [-0.15, -0.1) is 0 Å². The minimum absolute atomic E-state index is 0.0684. The first-order chi connectivity index (χ1) is 14.2. The predicted octanol–water partition coefficient (Wildman–Crippen LogP) is 4.78. The Balaban J connectivity index is 2.01. The zero-order valence-corrected chi connectivity index (χ0v) is 18.7. The van der Waals surface area contributed by atoms with Crippen LogP contribution in [-0.2, 0) is 0 Å². The molecule has 0 fully saturated rings. The number of hydrogen-bond acceptors (Lipinski definition) is 5. The predicted molar refractivity (Wildman–Crippen MR) is 119 cm³/mol. The van der Waals surface area contributed by atoms with E-state index in [0.29, 0.717) is 38.4 Å². The average molecular weight is 469 g/mol. The number of carbonyl (C=O) groups excluding carboxylic acids is 1. The molecule has 0 saturated heterocycles. The van der Waals surface area contributed by atoms with E-state index >= 15 is 0 Å². The highest BCUT2D eigenvalue weighted by Gasteiger charge is 2.23. The molecule has 7 nitrogen and oxygen atoms in total. The van der Waals surface area contributed by atoms with Crippen molar-refractivity contribution >= 4 is 46.4 Å². The summed E-state index contributed by atoms with van der Waals surface area (Å²) in [5, 5.41) is 21.8. The molecule has 158 valence electrons. The van der Waals surface area contributed by atoms with E-state index in [1.165, 1.54) is 10.7 Å². The molecule has 30 heavy (non-hydrogen) atoms. The molecule has 3 rings (SSSR count). The third-order valence-corrected chi connectivity index (χ3v) is 4.87. The van der Waals surface area contributed by atoms with Crippen molar-refractivity contribution in [1.82, 2.24) is 20.1 Å². The van der Waals surface area contributed by atoms with Crippen LogP contribution < -0.4 is 10.6 Å². The van der Waals surface area contributed by atoms with Crippen LogP contribution in [0.1, 0.15) is 41.7 Å². The Morgan fingerprint density at radius 3 is 2.60 bits per heavy atom. The van der Waals surface area contributed by atoms with Crippen molar-refractivity contribution < 1.29 is 9.90 Å².